The maximum atomic E-state index is 10.9. The summed E-state index contributed by atoms with van der Waals surface area (Å²) in [5, 5.41) is 17.7. The van der Waals surface area contributed by atoms with Crippen molar-refractivity contribution >= 4 is 27.9 Å². The molecule has 2 rings (SSSR count). The Balaban J connectivity index is 2.20. The standard InChI is InChI=1S/C11H9BrO6/c12-6-3-1-5(2-4-6)11-17-7(9(13)14)8(18-11)10(15)16/h1-4,7-8,11H,(H,13,14)(H,15,16)/t7-,8-/m1/s1. The molecule has 2 atom stereocenters. The van der Waals surface area contributed by atoms with E-state index >= 15 is 0 Å². The molecule has 2 N–H and O–H groups in total. The number of ether oxygens (including phenoxy) is 2. The van der Waals surface area contributed by atoms with E-state index in [1.807, 2.05) is 0 Å². The fourth-order valence-electron chi connectivity index (χ4n) is 1.59. The molecule has 0 amide bonds. The largest absolute Gasteiger partial charge is 0.479 e. The van der Waals surface area contributed by atoms with Crippen molar-refractivity contribution in [1.29, 1.82) is 0 Å². The zero-order chi connectivity index (χ0) is 13.3. The van der Waals surface area contributed by atoms with Crippen molar-refractivity contribution in [2.75, 3.05) is 0 Å². The average Bonchev–Trinajstić information content (AvgIpc) is 2.75. The molecule has 1 fully saturated rings. The molecule has 0 spiro atoms. The van der Waals surface area contributed by atoms with Gasteiger partial charge in [0.1, 0.15) is 0 Å². The van der Waals surface area contributed by atoms with Crippen LogP contribution in [-0.2, 0) is 19.1 Å². The molecular formula is C11H9BrO6. The highest BCUT2D eigenvalue weighted by Gasteiger charge is 2.45. The number of halogens is 1. The highest BCUT2D eigenvalue weighted by molar-refractivity contribution is 9.10. The molecule has 1 heterocycles. The lowest BCUT2D eigenvalue weighted by Crippen LogP contribution is -2.36. The van der Waals surface area contributed by atoms with Gasteiger partial charge in [-0.1, -0.05) is 28.1 Å². The summed E-state index contributed by atoms with van der Waals surface area (Å²) in [4.78, 5) is 21.7. The fourth-order valence-corrected chi connectivity index (χ4v) is 1.86. The molecule has 1 aliphatic rings. The molecule has 0 aromatic heterocycles. The zero-order valence-electron chi connectivity index (χ0n) is 8.95. The number of benzene rings is 1. The Hall–Kier alpha value is -1.44. The van der Waals surface area contributed by atoms with E-state index in [4.69, 9.17) is 19.7 Å². The second-order valence-corrected chi connectivity index (χ2v) is 4.59. The zero-order valence-corrected chi connectivity index (χ0v) is 10.5. The summed E-state index contributed by atoms with van der Waals surface area (Å²) in [6.07, 6.45) is -3.99. The third-order valence-corrected chi connectivity index (χ3v) is 2.97. The first-order valence-electron chi connectivity index (χ1n) is 5.01. The normalized spacial score (nSPS) is 24.1. The van der Waals surface area contributed by atoms with Crippen molar-refractivity contribution in [3.05, 3.63) is 34.3 Å². The molecule has 1 saturated heterocycles. The van der Waals surface area contributed by atoms with Crippen LogP contribution in [0.5, 0.6) is 0 Å². The van der Waals surface area contributed by atoms with Gasteiger partial charge in [0.15, 0.2) is 18.5 Å². The molecule has 1 aliphatic heterocycles. The van der Waals surface area contributed by atoms with E-state index in [0.29, 0.717) is 5.56 Å². The van der Waals surface area contributed by atoms with E-state index < -0.39 is 30.4 Å². The van der Waals surface area contributed by atoms with Crippen molar-refractivity contribution in [3.8, 4) is 0 Å². The summed E-state index contributed by atoms with van der Waals surface area (Å²) < 4.78 is 11.1. The summed E-state index contributed by atoms with van der Waals surface area (Å²) in [5.74, 6) is -2.72. The van der Waals surface area contributed by atoms with E-state index in [9.17, 15) is 9.59 Å². The number of carbonyl (C=O) groups is 2. The Bertz CT molecular complexity index is 449. The van der Waals surface area contributed by atoms with Crippen LogP contribution >= 0.6 is 15.9 Å². The summed E-state index contributed by atoms with van der Waals surface area (Å²) in [6, 6.07) is 6.79. The Morgan fingerprint density at radius 2 is 1.44 bits per heavy atom. The van der Waals surface area contributed by atoms with Gasteiger partial charge in [0.2, 0.25) is 0 Å². The highest BCUT2D eigenvalue weighted by atomic mass is 79.9. The van der Waals surface area contributed by atoms with Crippen molar-refractivity contribution in [2.45, 2.75) is 18.5 Å². The molecule has 18 heavy (non-hydrogen) atoms. The minimum absolute atomic E-state index is 0.563. The second kappa shape index (κ2) is 5.05. The van der Waals surface area contributed by atoms with E-state index in [1.165, 1.54) is 0 Å². The number of aliphatic carboxylic acids is 2. The van der Waals surface area contributed by atoms with Crippen LogP contribution in [-0.4, -0.2) is 34.4 Å². The van der Waals surface area contributed by atoms with Gasteiger partial charge in [-0.15, -0.1) is 0 Å². The predicted molar refractivity (Wildman–Crippen MR) is 61.9 cm³/mol. The molecule has 1 aromatic carbocycles. The third kappa shape index (κ3) is 2.53. The van der Waals surface area contributed by atoms with Crippen molar-refractivity contribution < 1.29 is 29.3 Å². The summed E-state index contributed by atoms with van der Waals surface area (Å²) >= 11 is 3.25. The number of carboxylic acids is 2. The topological polar surface area (TPSA) is 93.1 Å². The SMILES string of the molecule is O=C(O)[C@@H]1OC(c2ccc(Br)cc2)O[C@H]1C(=O)O. The van der Waals surface area contributed by atoms with Crippen LogP contribution in [0.15, 0.2) is 28.7 Å². The van der Waals surface area contributed by atoms with Crippen molar-refractivity contribution in [1.82, 2.24) is 0 Å². The summed E-state index contributed by atoms with van der Waals surface area (Å²) in [6.45, 7) is 0. The van der Waals surface area contributed by atoms with Gasteiger partial charge < -0.3 is 19.7 Å². The lowest BCUT2D eigenvalue weighted by atomic mass is 10.2. The van der Waals surface area contributed by atoms with E-state index in [2.05, 4.69) is 15.9 Å². The third-order valence-electron chi connectivity index (χ3n) is 2.44. The molecule has 6 nitrogen and oxygen atoms in total. The summed E-state index contributed by atoms with van der Waals surface area (Å²) in [7, 11) is 0. The molecule has 96 valence electrons. The smallest absolute Gasteiger partial charge is 0.336 e. The first-order chi connectivity index (χ1) is 8.49. The molecular weight excluding hydrogens is 308 g/mol. The van der Waals surface area contributed by atoms with Gasteiger partial charge in [0, 0.05) is 10.0 Å². The second-order valence-electron chi connectivity index (χ2n) is 3.67. The Labute approximate surface area is 110 Å². The highest BCUT2D eigenvalue weighted by Crippen LogP contribution is 2.32. The van der Waals surface area contributed by atoms with Crippen molar-refractivity contribution in [3.63, 3.8) is 0 Å². The number of rotatable bonds is 3. The molecule has 0 radical (unpaired) electrons. The van der Waals surface area contributed by atoms with Crippen LogP contribution in [0.2, 0.25) is 0 Å². The molecule has 0 bridgehead atoms. The minimum atomic E-state index is -1.50. The maximum absolute atomic E-state index is 10.9. The van der Waals surface area contributed by atoms with Crippen LogP contribution < -0.4 is 0 Å². The predicted octanol–water partition coefficient (Wildman–Crippen LogP) is 1.40. The number of hydrogen-bond acceptors (Lipinski definition) is 4. The number of hydrogen-bond donors (Lipinski definition) is 2. The van der Waals surface area contributed by atoms with Crippen molar-refractivity contribution in [2.24, 2.45) is 0 Å². The van der Waals surface area contributed by atoms with E-state index in [1.54, 1.807) is 24.3 Å². The lowest BCUT2D eigenvalue weighted by Gasteiger charge is -2.09. The molecule has 0 saturated carbocycles. The van der Waals surface area contributed by atoms with Gasteiger partial charge >= 0.3 is 11.9 Å². The van der Waals surface area contributed by atoms with E-state index in [-0.39, 0.29) is 0 Å². The Morgan fingerprint density at radius 3 is 1.83 bits per heavy atom. The monoisotopic (exact) mass is 316 g/mol. The van der Waals surface area contributed by atoms with Crippen LogP contribution in [0, 0.1) is 0 Å². The molecule has 0 aliphatic carbocycles. The Kier molecular flexibility index (Phi) is 3.65. The summed E-state index contributed by atoms with van der Waals surface area (Å²) in [5.41, 5.74) is 0.563. The molecule has 1 aromatic rings. The van der Waals surface area contributed by atoms with E-state index in [0.717, 1.165) is 4.47 Å². The van der Waals surface area contributed by atoms with Gasteiger partial charge in [-0.3, -0.25) is 0 Å². The quantitative estimate of drug-likeness (QED) is 0.875. The van der Waals surface area contributed by atoms with Gasteiger partial charge in [-0.2, -0.15) is 0 Å². The van der Waals surface area contributed by atoms with Gasteiger partial charge in [0.25, 0.3) is 0 Å². The maximum Gasteiger partial charge on any atom is 0.336 e. The first kappa shape index (κ1) is 13.0. The van der Waals surface area contributed by atoms with Crippen LogP contribution in [0.1, 0.15) is 11.9 Å². The minimum Gasteiger partial charge on any atom is -0.479 e. The fraction of sp³-hybridized carbons (Fsp3) is 0.273. The van der Waals surface area contributed by atoms with Gasteiger partial charge in [0.05, 0.1) is 0 Å². The van der Waals surface area contributed by atoms with Gasteiger partial charge in [-0.05, 0) is 12.1 Å². The molecule has 7 heteroatoms. The van der Waals surface area contributed by atoms with Crippen LogP contribution in [0.4, 0.5) is 0 Å². The van der Waals surface area contributed by atoms with Crippen LogP contribution in [0.25, 0.3) is 0 Å². The van der Waals surface area contributed by atoms with Gasteiger partial charge in [-0.25, -0.2) is 9.59 Å². The first-order valence-corrected chi connectivity index (χ1v) is 5.80. The number of carboxylic acid groups (broad SMARTS) is 2. The average molecular weight is 317 g/mol. The lowest BCUT2D eigenvalue weighted by molar-refractivity contribution is -0.156. The Morgan fingerprint density at radius 1 is 1.00 bits per heavy atom. The molecule has 0 unspecified atom stereocenters. The van der Waals surface area contributed by atoms with Crippen LogP contribution in [0.3, 0.4) is 0 Å².